The van der Waals surface area contributed by atoms with E-state index in [1.165, 1.54) is 0 Å². The van der Waals surface area contributed by atoms with Crippen LogP contribution in [0.2, 0.25) is 0 Å². The van der Waals surface area contributed by atoms with Gasteiger partial charge in [0.25, 0.3) is 0 Å². The summed E-state index contributed by atoms with van der Waals surface area (Å²) in [6.45, 7) is 5.35. The Morgan fingerprint density at radius 3 is 2.62 bits per heavy atom. The van der Waals surface area contributed by atoms with Crippen molar-refractivity contribution in [3.05, 3.63) is 63.0 Å². The zero-order valence-electron chi connectivity index (χ0n) is 18.8. The highest BCUT2D eigenvalue weighted by Gasteiger charge is 2.24. The standard InChI is InChI=1S/C23H25N9O2/c1-14-19(31-10-8-30(9-11-31)18-4-2-3-7-24-18)28-21-15(12-17-22(33)29-23(34)27-17)13-25-32(21)20(14)26-16-5-6-16/h2-4,7,12-13,16,33H,5-6,8-11H2,1H3,(H2,27,29,34). The quantitative estimate of drug-likeness (QED) is 0.394. The topological polar surface area (TPSA) is 131 Å². The average Bonchev–Trinajstić information content (AvgIpc) is 3.50. The number of hydrogen-bond donors (Lipinski definition) is 3. The molecule has 0 aromatic carbocycles. The second-order valence-electron chi connectivity index (χ2n) is 8.73. The van der Waals surface area contributed by atoms with E-state index >= 15 is 0 Å². The van der Waals surface area contributed by atoms with Gasteiger partial charge in [0.05, 0.1) is 12.2 Å². The molecule has 6 rings (SSSR count). The molecular formula is C23H25N9O2. The molecule has 11 heteroatoms. The number of piperazine rings is 1. The molecule has 11 nitrogen and oxygen atoms in total. The Balaban J connectivity index is 1.43. The lowest BCUT2D eigenvalue weighted by Gasteiger charge is -2.36. The van der Waals surface area contributed by atoms with Crippen molar-refractivity contribution in [1.82, 2.24) is 29.5 Å². The van der Waals surface area contributed by atoms with Crippen molar-refractivity contribution in [2.75, 3.05) is 36.0 Å². The largest absolute Gasteiger partial charge is 0.493 e. The molecule has 0 atom stereocenters. The molecule has 1 aliphatic carbocycles. The number of aromatic hydroxyl groups is 1. The Morgan fingerprint density at radius 2 is 1.94 bits per heavy atom. The van der Waals surface area contributed by atoms with Crippen LogP contribution < -0.4 is 26.2 Å². The molecule has 1 saturated carbocycles. The number of aromatic amines is 2. The number of imidazole rings is 1. The number of fused-ring (bicyclic) bond motifs is 1. The average molecular weight is 460 g/mol. The van der Waals surface area contributed by atoms with Gasteiger partial charge in [-0.3, -0.25) is 9.98 Å². The van der Waals surface area contributed by atoms with Crippen molar-refractivity contribution in [3.63, 3.8) is 0 Å². The lowest BCUT2D eigenvalue weighted by Crippen LogP contribution is -2.48. The minimum atomic E-state index is -0.472. The number of rotatable bonds is 4. The summed E-state index contributed by atoms with van der Waals surface area (Å²) in [5.74, 6) is 1.65. The summed E-state index contributed by atoms with van der Waals surface area (Å²) in [7, 11) is 0. The molecule has 1 saturated heterocycles. The Morgan fingerprint density at radius 1 is 1.15 bits per heavy atom. The van der Waals surface area contributed by atoms with Crippen molar-refractivity contribution < 1.29 is 5.11 Å². The van der Waals surface area contributed by atoms with Crippen LogP contribution in [-0.2, 0) is 0 Å². The highest BCUT2D eigenvalue weighted by Crippen LogP contribution is 2.24. The third-order valence-corrected chi connectivity index (χ3v) is 6.29. The minimum absolute atomic E-state index is 0.217. The van der Waals surface area contributed by atoms with Gasteiger partial charge in [-0.2, -0.15) is 9.61 Å². The summed E-state index contributed by atoms with van der Waals surface area (Å²) in [4.78, 5) is 35.5. The normalized spacial score (nSPS) is 17.8. The smallest absolute Gasteiger partial charge is 0.326 e. The van der Waals surface area contributed by atoms with Gasteiger partial charge in [-0.15, -0.1) is 0 Å². The fourth-order valence-corrected chi connectivity index (χ4v) is 4.34. The molecule has 0 radical (unpaired) electrons. The maximum Gasteiger partial charge on any atom is 0.326 e. The van der Waals surface area contributed by atoms with E-state index < -0.39 is 5.69 Å². The van der Waals surface area contributed by atoms with Crippen LogP contribution in [0.4, 0.5) is 11.6 Å². The molecule has 5 heterocycles. The van der Waals surface area contributed by atoms with Crippen molar-refractivity contribution in [2.45, 2.75) is 25.8 Å². The molecule has 0 bridgehead atoms. The number of aromatic nitrogens is 6. The summed E-state index contributed by atoms with van der Waals surface area (Å²) in [6.07, 6.45) is 7.34. The first-order valence-electron chi connectivity index (χ1n) is 11.4. The third-order valence-electron chi connectivity index (χ3n) is 6.29. The summed E-state index contributed by atoms with van der Waals surface area (Å²) < 4.78 is 1.76. The molecule has 1 aliphatic heterocycles. The zero-order chi connectivity index (χ0) is 23.2. The van der Waals surface area contributed by atoms with Gasteiger partial charge in [-0.1, -0.05) is 6.07 Å². The fraction of sp³-hybridized carbons (Fsp3) is 0.348. The maximum absolute atomic E-state index is 11.6. The van der Waals surface area contributed by atoms with E-state index in [1.807, 2.05) is 24.4 Å². The van der Waals surface area contributed by atoms with Crippen molar-refractivity contribution in [3.8, 4) is 5.88 Å². The molecule has 3 N–H and O–H groups in total. The second-order valence-corrected chi connectivity index (χ2v) is 8.73. The molecule has 2 aliphatic rings. The molecule has 2 fully saturated rings. The Kier molecular flexibility index (Phi) is 4.82. The van der Waals surface area contributed by atoms with Gasteiger partial charge in [0.1, 0.15) is 17.3 Å². The van der Waals surface area contributed by atoms with Crippen LogP contribution in [0.25, 0.3) is 11.7 Å². The Bertz CT molecular complexity index is 1520. The third kappa shape index (κ3) is 3.68. The molecule has 0 spiro atoms. The highest BCUT2D eigenvalue weighted by molar-refractivity contribution is 5.60. The lowest BCUT2D eigenvalue weighted by atomic mass is 10.2. The van der Waals surface area contributed by atoms with Gasteiger partial charge in [0.15, 0.2) is 11.1 Å². The number of hydrogen-bond acceptors (Lipinski definition) is 8. The highest BCUT2D eigenvalue weighted by atomic mass is 16.3. The van der Waals surface area contributed by atoms with E-state index in [1.54, 1.807) is 16.8 Å². The van der Waals surface area contributed by atoms with Crippen LogP contribution in [0.15, 0.2) is 40.4 Å². The number of nitrogens with one attached hydrogen (secondary N) is 2. The van der Waals surface area contributed by atoms with E-state index in [4.69, 9.17) is 9.98 Å². The van der Waals surface area contributed by atoms with Crippen LogP contribution in [0, 0.1) is 6.92 Å². The van der Waals surface area contributed by atoms with Crippen LogP contribution in [0.3, 0.4) is 0 Å². The first-order chi connectivity index (χ1) is 16.6. The van der Waals surface area contributed by atoms with Crippen molar-refractivity contribution >= 4 is 23.4 Å². The molecule has 0 amide bonds. The maximum atomic E-state index is 11.6. The van der Waals surface area contributed by atoms with E-state index in [0.717, 1.165) is 61.7 Å². The predicted molar refractivity (Wildman–Crippen MR) is 127 cm³/mol. The SMILES string of the molecule is Cc1c(N2CCN(c3ccccn3)CC2)nc2c(=Cc3[nH]c(=O)[nH]c3O)cnn2c1=NC1CC1. The number of nitrogens with zero attached hydrogens (tertiary/aromatic N) is 7. The predicted octanol–water partition coefficient (Wildman–Crippen LogP) is 0.0921. The fourth-order valence-electron chi connectivity index (χ4n) is 4.34. The number of pyridine rings is 1. The summed E-state index contributed by atoms with van der Waals surface area (Å²) in [5, 5.41) is 15.2. The van der Waals surface area contributed by atoms with E-state index in [0.29, 0.717) is 16.9 Å². The zero-order valence-corrected chi connectivity index (χ0v) is 18.8. The lowest BCUT2D eigenvalue weighted by molar-refractivity contribution is 0.454. The first-order valence-corrected chi connectivity index (χ1v) is 11.4. The van der Waals surface area contributed by atoms with E-state index in [2.05, 4.69) is 36.8 Å². The van der Waals surface area contributed by atoms with Gasteiger partial charge in [-0.25, -0.2) is 14.8 Å². The summed E-state index contributed by atoms with van der Waals surface area (Å²) in [6, 6.07) is 6.29. The van der Waals surface area contributed by atoms with Gasteiger partial charge >= 0.3 is 5.69 Å². The van der Waals surface area contributed by atoms with Crippen LogP contribution in [0.5, 0.6) is 5.88 Å². The van der Waals surface area contributed by atoms with Crippen LogP contribution >= 0.6 is 0 Å². The van der Waals surface area contributed by atoms with Gasteiger partial charge in [0.2, 0.25) is 5.88 Å². The van der Waals surface area contributed by atoms with Gasteiger partial charge in [-0.05, 0) is 38.0 Å². The van der Waals surface area contributed by atoms with Crippen molar-refractivity contribution in [2.24, 2.45) is 4.99 Å². The first kappa shape index (κ1) is 20.5. The van der Waals surface area contributed by atoms with E-state index in [9.17, 15) is 9.90 Å². The Labute approximate surface area is 194 Å². The van der Waals surface area contributed by atoms with Gasteiger partial charge in [0, 0.05) is 43.2 Å². The summed E-state index contributed by atoms with van der Waals surface area (Å²) >= 11 is 0. The Hall–Kier alpha value is -4.15. The molecule has 4 aromatic heterocycles. The molecule has 4 aromatic rings. The second kappa shape index (κ2) is 8.01. The van der Waals surface area contributed by atoms with Crippen LogP contribution in [-0.4, -0.2) is 66.9 Å². The van der Waals surface area contributed by atoms with Gasteiger partial charge < -0.3 is 19.9 Å². The molecular weight excluding hydrogens is 434 g/mol. The summed E-state index contributed by atoms with van der Waals surface area (Å²) in [5.41, 5.74) is 2.25. The monoisotopic (exact) mass is 459 g/mol. The number of anilines is 2. The number of H-pyrrole nitrogens is 2. The molecule has 34 heavy (non-hydrogen) atoms. The van der Waals surface area contributed by atoms with E-state index in [-0.39, 0.29) is 11.6 Å². The minimum Gasteiger partial charge on any atom is -0.493 e. The molecule has 174 valence electrons. The van der Waals surface area contributed by atoms with Crippen LogP contribution in [0.1, 0.15) is 24.1 Å². The van der Waals surface area contributed by atoms with Crippen molar-refractivity contribution in [1.29, 1.82) is 0 Å². The molecule has 0 unspecified atom stereocenters.